The van der Waals surface area contributed by atoms with Crippen LogP contribution >= 0.6 is 0 Å². The Bertz CT molecular complexity index is 1420. The number of aliphatic hydroxyl groups is 1. The van der Waals surface area contributed by atoms with E-state index in [4.69, 9.17) is 11.5 Å². The van der Waals surface area contributed by atoms with Crippen LogP contribution in [0, 0.1) is 13.0 Å². The quantitative estimate of drug-likeness (QED) is 0.159. The normalized spacial score (nSPS) is 14.3. The number of aromatic nitrogens is 2. The van der Waals surface area contributed by atoms with E-state index in [0.717, 1.165) is 16.8 Å². The summed E-state index contributed by atoms with van der Waals surface area (Å²) in [5, 5.41) is 12.2. The first kappa shape index (κ1) is 22.3. The minimum absolute atomic E-state index is 0. The van der Waals surface area contributed by atoms with Crippen molar-refractivity contribution in [2.75, 3.05) is 0 Å². The largest absolute Gasteiger partial charge is 0.512 e. The van der Waals surface area contributed by atoms with Gasteiger partial charge in [0.2, 0.25) is 0 Å². The molecule has 2 aromatic heterocycles. The monoisotopic (exact) mass is 603 g/mol. The number of rotatable bonds is 1. The van der Waals surface area contributed by atoms with Gasteiger partial charge in [0.05, 0.1) is 7.13 Å². The summed E-state index contributed by atoms with van der Waals surface area (Å²) in [6, 6.07) is 16.0. The second-order valence-electron chi connectivity index (χ2n) is 8.44. The second-order valence-corrected chi connectivity index (χ2v) is 8.44. The smallest absolute Gasteiger partial charge is 0.155 e. The molecule has 0 amide bonds. The van der Waals surface area contributed by atoms with E-state index >= 15 is 0 Å². The molecular weight excluding hydrogens is 577 g/mol. The summed E-state index contributed by atoms with van der Waals surface area (Å²) in [5.41, 5.74) is 6.95. The van der Waals surface area contributed by atoms with Crippen LogP contribution in [0.1, 0.15) is 45.8 Å². The summed E-state index contributed by atoms with van der Waals surface area (Å²) in [5.74, 6) is -0.637. The first-order valence-electron chi connectivity index (χ1n) is 10.7. The van der Waals surface area contributed by atoms with E-state index in [0.29, 0.717) is 0 Å². The van der Waals surface area contributed by atoms with Gasteiger partial charge in [0.25, 0.3) is 0 Å². The number of ketones is 1. The summed E-state index contributed by atoms with van der Waals surface area (Å²) >= 11 is 0. The molecule has 0 atom stereocenters. The van der Waals surface area contributed by atoms with Crippen LogP contribution in [0.4, 0.5) is 0 Å². The fourth-order valence-corrected chi connectivity index (χ4v) is 4.47. The molecule has 0 spiro atoms. The van der Waals surface area contributed by atoms with Crippen molar-refractivity contribution in [2.45, 2.75) is 40.0 Å². The van der Waals surface area contributed by atoms with Crippen molar-refractivity contribution in [3.05, 3.63) is 83.4 Å². The van der Waals surface area contributed by atoms with Gasteiger partial charge in [-0.15, -0.1) is 23.3 Å². The number of hydrogen-bond acceptors (Lipinski definition) is 4. The van der Waals surface area contributed by atoms with Crippen molar-refractivity contribution in [1.29, 1.82) is 0 Å². The predicted octanol–water partition coefficient (Wildman–Crippen LogP) is 6.23. The van der Waals surface area contributed by atoms with Crippen molar-refractivity contribution >= 4 is 27.5 Å². The maximum absolute atomic E-state index is 10.2. The summed E-state index contributed by atoms with van der Waals surface area (Å²) in [6.45, 7) is 9.32. The van der Waals surface area contributed by atoms with Gasteiger partial charge in [-0.1, -0.05) is 43.0 Å². The molecule has 1 N–H and O–H groups in total. The van der Waals surface area contributed by atoms with E-state index in [1.807, 2.05) is 24.5 Å². The molecule has 5 rings (SSSR count). The van der Waals surface area contributed by atoms with Gasteiger partial charge in [-0.05, 0) is 65.9 Å². The predicted molar refractivity (Wildman–Crippen MR) is 125 cm³/mol. The molecule has 1 radical (unpaired) electrons. The number of carbonyl (C=O) groups is 1. The number of hydrogen-bond donors (Lipinski definition) is 1. The zero-order chi connectivity index (χ0) is 23.2. The van der Waals surface area contributed by atoms with Crippen molar-refractivity contribution in [2.24, 2.45) is 0 Å². The Morgan fingerprint density at radius 3 is 2.59 bits per heavy atom. The number of nitrogens with zero attached hydrogens (tertiary/aromatic N) is 2. The second kappa shape index (κ2) is 8.93. The Morgan fingerprint density at radius 1 is 1.19 bits per heavy atom. The molecule has 1 aliphatic carbocycles. The van der Waals surface area contributed by atoms with Crippen LogP contribution in [0.2, 0.25) is 0 Å². The molecule has 4 aromatic rings. The SMILES string of the molecule is Cc1cc2c3c(nccc3c1)-c1[c-]cc3ncccc3c1C2(C)C.[2H]/C(C(C)=O)=C(\C)O.[Ir]. The molecule has 0 fully saturated rings. The Balaban J connectivity index is 0.000000297. The van der Waals surface area contributed by atoms with Crippen LogP contribution in [0.5, 0.6) is 0 Å². The minimum atomic E-state index is -0.412. The van der Waals surface area contributed by atoms with E-state index < -0.39 is 5.78 Å². The molecule has 0 bridgehead atoms. The summed E-state index contributed by atoms with van der Waals surface area (Å²) in [6.07, 6.45) is 3.75. The van der Waals surface area contributed by atoms with E-state index in [2.05, 4.69) is 56.1 Å². The van der Waals surface area contributed by atoms with Gasteiger partial charge in [-0.3, -0.25) is 4.79 Å². The number of benzene rings is 2. The molecule has 165 valence electrons. The summed E-state index contributed by atoms with van der Waals surface area (Å²) < 4.78 is 6.76. The first-order valence-corrected chi connectivity index (χ1v) is 10.2. The van der Waals surface area contributed by atoms with E-state index in [1.54, 1.807) is 0 Å². The Morgan fingerprint density at radius 2 is 1.94 bits per heavy atom. The molecule has 2 heterocycles. The molecule has 0 aliphatic heterocycles. The molecule has 0 saturated carbocycles. The van der Waals surface area contributed by atoms with Gasteiger partial charge in [-0.25, -0.2) is 0 Å². The van der Waals surface area contributed by atoms with Crippen LogP contribution in [-0.4, -0.2) is 20.9 Å². The maximum atomic E-state index is 10.2. The number of aliphatic hydroxyl groups excluding tert-OH is 1. The zero-order valence-corrected chi connectivity index (χ0v) is 21.1. The number of fused-ring (bicyclic) bond motifs is 4. The van der Waals surface area contributed by atoms with Gasteiger partial charge in [0.15, 0.2) is 5.78 Å². The van der Waals surface area contributed by atoms with Crippen molar-refractivity contribution in [1.82, 2.24) is 9.97 Å². The van der Waals surface area contributed by atoms with Gasteiger partial charge in [-0.2, -0.15) is 0 Å². The Labute approximate surface area is 203 Å². The number of carbonyl (C=O) groups excluding carboxylic acids is 1. The minimum Gasteiger partial charge on any atom is -0.512 e. The van der Waals surface area contributed by atoms with Gasteiger partial charge < -0.3 is 15.1 Å². The average Bonchev–Trinajstić information content (AvgIpc) is 2.76. The zero-order valence-electron chi connectivity index (χ0n) is 19.7. The average molecular weight is 603 g/mol. The summed E-state index contributed by atoms with van der Waals surface area (Å²) in [7, 11) is 0. The standard InChI is InChI=1S/C22H17N2.C5H8O2.Ir/c1-13-11-14-8-10-24-21-16-6-7-18-15(5-4-9-23-18)20(16)22(2,3)17(12-13)19(14)21;1-4(6)3-5(2)7;/h4-5,7-12H,1-3H3;3,6H,1-2H3;/q-1;;/b;4-3-;/i;3D;. The van der Waals surface area contributed by atoms with E-state index in [9.17, 15) is 4.79 Å². The molecule has 0 saturated heterocycles. The van der Waals surface area contributed by atoms with Crippen LogP contribution in [0.25, 0.3) is 32.9 Å². The van der Waals surface area contributed by atoms with Crippen molar-refractivity contribution < 1.29 is 31.4 Å². The third-order valence-corrected chi connectivity index (χ3v) is 5.61. The molecule has 1 aliphatic rings. The van der Waals surface area contributed by atoms with Crippen molar-refractivity contribution in [3.8, 4) is 11.3 Å². The van der Waals surface area contributed by atoms with Gasteiger partial charge in [0, 0.05) is 38.6 Å². The van der Waals surface area contributed by atoms with Crippen molar-refractivity contribution in [3.63, 3.8) is 0 Å². The third-order valence-electron chi connectivity index (χ3n) is 5.61. The van der Waals surface area contributed by atoms with Crippen LogP contribution in [0.15, 0.2) is 60.6 Å². The number of allylic oxidation sites excluding steroid dienone is 2. The number of pyridine rings is 2. The fourth-order valence-electron chi connectivity index (χ4n) is 4.47. The van der Waals surface area contributed by atoms with Gasteiger partial charge >= 0.3 is 0 Å². The number of aryl methyl sites for hydroxylation is 1. The Kier molecular flexibility index (Phi) is 6.23. The molecule has 4 nitrogen and oxygen atoms in total. The molecule has 0 unspecified atom stereocenters. The van der Waals surface area contributed by atoms with Crippen LogP contribution in [-0.2, 0) is 30.3 Å². The molecule has 2 aromatic carbocycles. The topological polar surface area (TPSA) is 63.1 Å². The molecule has 32 heavy (non-hydrogen) atoms. The third kappa shape index (κ3) is 4.11. The van der Waals surface area contributed by atoms with Gasteiger partial charge in [0.1, 0.15) is 0 Å². The Hall–Kier alpha value is -2.88. The van der Waals surface area contributed by atoms with E-state index in [1.165, 1.54) is 46.7 Å². The maximum Gasteiger partial charge on any atom is 0.155 e. The summed E-state index contributed by atoms with van der Waals surface area (Å²) in [4.78, 5) is 19.4. The molecule has 5 heteroatoms. The fraction of sp³-hybridized carbons (Fsp3) is 0.222. The molecular formula is C27H25IrN2O2-. The van der Waals surface area contributed by atoms with Crippen LogP contribution in [0.3, 0.4) is 0 Å². The first-order chi connectivity index (χ1) is 15.1. The van der Waals surface area contributed by atoms with E-state index in [-0.39, 0.29) is 37.3 Å². The van der Waals surface area contributed by atoms with Crippen LogP contribution < -0.4 is 0 Å².